The molecule has 6 heteroatoms. The lowest BCUT2D eigenvalue weighted by atomic mass is 9.75. The molecule has 1 atom stereocenters. The lowest BCUT2D eigenvalue weighted by molar-refractivity contribution is -0.468. The highest BCUT2D eigenvalue weighted by Gasteiger charge is 2.43. The molecule has 1 N–H and O–H groups in total. The Bertz CT molecular complexity index is 1410. The summed E-state index contributed by atoms with van der Waals surface area (Å²) in [4.78, 5) is 11.5. The summed E-state index contributed by atoms with van der Waals surface area (Å²) in [6, 6.07) is 24.8. The minimum atomic E-state index is -0.717. The van der Waals surface area contributed by atoms with E-state index < -0.39 is 12.0 Å². The van der Waals surface area contributed by atoms with Crippen LogP contribution in [0.5, 0.6) is 0 Å². The number of nitrogens with one attached hydrogen (secondary N) is 1. The van der Waals surface area contributed by atoms with Crippen LogP contribution in [0, 0.1) is 5.92 Å². The van der Waals surface area contributed by atoms with E-state index in [0.717, 1.165) is 25.7 Å². The van der Waals surface area contributed by atoms with Gasteiger partial charge in [0.2, 0.25) is 0 Å². The number of allylic oxidation sites excluding steroid dienone is 1. The van der Waals surface area contributed by atoms with Gasteiger partial charge < -0.3 is 10.1 Å². The maximum absolute atomic E-state index is 6.08. The van der Waals surface area contributed by atoms with Crippen LogP contribution in [-0.2, 0) is 14.5 Å². The van der Waals surface area contributed by atoms with Crippen LogP contribution in [-0.4, -0.2) is 18.6 Å². The molecule has 1 aliphatic carbocycles. The highest BCUT2D eigenvalue weighted by atomic mass is 35.5. The van der Waals surface area contributed by atoms with E-state index >= 15 is 0 Å². The van der Waals surface area contributed by atoms with E-state index in [0.29, 0.717) is 28.3 Å². The van der Waals surface area contributed by atoms with Gasteiger partial charge in [-0.2, -0.15) is 4.89 Å². The van der Waals surface area contributed by atoms with Crippen molar-refractivity contribution in [1.82, 2.24) is 0 Å². The first-order valence-electron chi connectivity index (χ1n) is 12.3. The van der Waals surface area contributed by atoms with Crippen LogP contribution in [0.2, 0.25) is 10.0 Å². The van der Waals surface area contributed by atoms with Crippen LogP contribution >= 0.6 is 23.2 Å². The van der Waals surface area contributed by atoms with Crippen LogP contribution in [0.15, 0.2) is 79.4 Å². The molecule has 2 aliphatic rings. The van der Waals surface area contributed by atoms with Gasteiger partial charge in [-0.05, 0) is 88.5 Å². The zero-order chi connectivity index (χ0) is 24.7. The van der Waals surface area contributed by atoms with Gasteiger partial charge in [-0.1, -0.05) is 78.3 Å². The van der Waals surface area contributed by atoms with E-state index in [1.807, 2.05) is 0 Å². The summed E-state index contributed by atoms with van der Waals surface area (Å²) < 4.78 is 5.96. The topological polar surface area (TPSA) is 39.7 Å². The molecule has 1 unspecified atom stereocenters. The fraction of sp³-hybridized carbons (Fsp3) is 0.267. The Kier molecular flexibility index (Phi) is 6.40. The zero-order valence-electron chi connectivity index (χ0n) is 19.8. The van der Waals surface area contributed by atoms with Gasteiger partial charge in [0.05, 0.1) is 6.61 Å². The monoisotopic (exact) mass is 519 g/mol. The fourth-order valence-electron chi connectivity index (χ4n) is 5.42. The first-order chi connectivity index (χ1) is 17.5. The van der Waals surface area contributed by atoms with Crippen LogP contribution in [0.25, 0.3) is 27.1 Å². The second kappa shape index (κ2) is 9.70. The van der Waals surface area contributed by atoms with E-state index in [2.05, 4.69) is 66.5 Å². The van der Waals surface area contributed by atoms with Crippen molar-refractivity contribution >= 4 is 56.0 Å². The summed E-state index contributed by atoms with van der Waals surface area (Å²) in [5.74, 6) is 0.399. The lowest BCUT2D eigenvalue weighted by Crippen LogP contribution is -2.49. The number of ether oxygens (including phenoxy) is 1. The Hall–Kier alpha value is -2.60. The molecule has 1 heterocycles. The van der Waals surface area contributed by atoms with Crippen molar-refractivity contribution in [2.45, 2.75) is 37.7 Å². The maximum Gasteiger partial charge on any atom is 0.268 e. The van der Waals surface area contributed by atoms with Crippen molar-refractivity contribution in [2.75, 3.05) is 11.9 Å². The summed E-state index contributed by atoms with van der Waals surface area (Å²) in [7, 11) is 0. The molecule has 0 aromatic heterocycles. The summed E-state index contributed by atoms with van der Waals surface area (Å²) in [6.45, 7) is 4.97. The van der Waals surface area contributed by atoms with Gasteiger partial charge in [0.1, 0.15) is 5.60 Å². The molecule has 4 nitrogen and oxygen atoms in total. The summed E-state index contributed by atoms with van der Waals surface area (Å²) in [6.07, 6.45) is 2.93. The smallest absolute Gasteiger partial charge is 0.268 e. The average Bonchev–Trinajstić information content (AvgIpc) is 2.89. The SMILES string of the molecule is C=C(c1ccc2ccc3ccccc3c2c1)C1CCC2(CC1)COC(Nc1cc(Cl)cc(Cl)c1)OO2. The minimum Gasteiger partial charge on any atom is -0.335 e. The van der Waals surface area contributed by atoms with E-state index in [9.17, 15) is 0 Å². The molecule has 0 bridgehead atoms. The Balaban J connectivity index is 1.10. The Morgan fingerprint density at radius 3 is 2.28 bits per heavy atom. The summed E-state index contributed by atoms with van der Waals surface area (Å²) >= 11 is 12.2. The number of benzene rings is 4. The number of rotatable bonds is 4. The summed E-state index contributed by atoms with van der Waals surface area (Å²) in [5.41, 5.74) is 2.68. The van der Waals surface area contributed by atoms with Crippen LogP contribution < -0.4 is 5.32 Å². The van der Waals surface area contributed by atoms with E-state index in [1.54, 1.807) is 18.2 Å². The maximum atomic E-state index is 6.08. The fourth-order valence-corrected chi connectivity index (χ4v) is 5.95. The van der Waals surface area contributed by atoms with Gasteiger partial charge in [-0.25, -0.2) is 4.89 Å². The van der Waals surface area contributed by atoms with Crippen molar-refractivity contribution in [3.8, 4) is 0 Å². The van der Waals surface area contributed by atoms with Gasteiger partial charge in [0.15, 0.2) is 0 Å². The highest BCUT2D eigenvalue weighted by Crippen LogP contribution is 2.43. The molecule has 6 rings (SSSR count). The molecule has 184 valence electrons. The molecule has 1 spiro atoms. The Labute approximate surface area is 220 Å². The molecule has 4 aromatic carbocycles. The first-order valence-corrected chi connectivity index (χ1v) is 13.0. The standard InChI is InChI=1S/C30H27Cl2NO3/c1-19(23-9-8-22-7-6-21-4-2-3-5-27(21)28(22)14-23)20-10-12-30(13-11-20)18-34-29(35-36-30)33-26-16-24(31)15-25(32)17-26/h2-9,14-17,20,29,33H,1,10-13,18H2. The van der Waals surface area contributed by atoms with E-state index in [-0.39, 0.29) is 0 Å². The normalized spacial score (nSPS) is 24.3. The molecule has 1 saturated carbocycles. The molecule has 0 radical (unpaired) electrons. The van der Waals surface area contributed by atoms with Gasteiger partial charge >= 0.3 is 0 Å². The third-order valence-corrected chi connectivity index (χ3v) is 7.90. The molecule has 4 aromatic rings. The molecule has 0 amide bonds. The third kappa shape index (κ3) is 4.72. The molecule has 2 fully saturated rings. The molecular formula is C30H27Cl2NO3. The average molecular weight is 520 g/mol. The van der Waals surface area contributed by atoms with Gasteiger partial charge in [0, 0.05) is 15.7 Å². The van der Waals surface area contributed by atoms with Crippen LogP contribution in [0.4, 0.5) is 5.69 Å². The number of hydrogen-bond acceptors (Lipinski definition) is 4. The van der Waals surface area contributed by atoms with E-state index in [1.165, 1.54) is 32.7 Å². The highest BCUT2D eigenvalue weighted by molar-refractivity contribution is 6.35. The Morgan fingerprint density at radius 1 is 0.861 bits per heavy atom. The first kappa shape index (κ1) is 23.8. The molecule has 36 heavy (non-hydrogen) atoms. The number of anilines is 1. The van der Waals surface area contributed by atoms with Crippen molar-refractivity contribution in [1.29, 1.82) is 0 Å². The van der Waals surface area contributed by atoms with Gasteiger partial charge in [-0.15, -0.1) is 0 Å². The van der Waals surface area contributed by atoms with Gasteiger partial charge in [0.25, 0.3) is 6.41 Å². The lowest BCUT2D eigenvalue weighted by Gasteiger charge is -2.43. The summed E-state index contributed by atoms with van der Waals surface area (Å²) in [5, 5.41) is 9.24. The number of hydrogen-bond donors (Lipinski definition) is 1. The largest absolute Gasteiger partial charge is 0.335 e. The van der Waals surface area contributed by atoms with Crippen molar-refractivity contribution in [3.05, 3.63) is 95.0 Å². The van der Waals surface area contributed by atoms with Crippen molar-refractivity contribution < 1.29 is 14.5 Å². The molecule has 1 aliphatic heterocycles. The number of halogens is 2. The zero-order valence-corrected chi connectivity index (χ0v) is 21.3. The van der Waals surface area contributed by atoms with E-state index in [4.69, 9.17) is 37.7 Å². The van der Waals surface area contributed by atoms with Crippen LogP contribution in [0.1, 0.15) is 31.2 Å². The van der Waals surface area contributed by atoms with Crippen molar-refractivity contribution in [3.63, 3.8) is 0 Å². The second-order valence-electron chi connectivity index (χ2n) is 9.83. The quantitative estimate of drug-likeness (QED) is 0.216. The molecular weight excluding hydrogens is 493 g/mol. The third-order valence-electron chi connectivity index (χ3n) is 7.46. The van der Waals surface area contributed by atoms with Crippen LogP contribution in [0.3, 0.4) is 0 Å². The predicted molar refractivity (Wildman–Crippen MR) is 147 cm³/mol. The minimum absolute atomic E-state index is 0.399. The van der Waals surface area contributed by atoms with Gasteiger partial charge in [-0.3, -0.25) is 0 Å². The molecule has 1 saturated heterocycles. The second-order valence-corrected chi connectivity index (χ2v) is 10.7. The van der Waals surface area contributed by atoms with Crippen molar-refractivity contribution in [2.24, 2.45) is 5.92 Å². The number of fused-ring (bicyclic) bond motifs is 3. The predicted octanol–water partition coefficient (Wildman–Crippen LogP) is 8.62. The Morgan fingerprint density at radius 2 is 1.56 bits per heavy atom.